The van der Waals surface area contributed by atoms with Crippen LogP contribution in [0.2, 0.25) is 5.02 Å². The van der Waals surface area contributed by atoms with Crippen LogP contribution in [0.5, 0.6) is 5.75 Å². The van der Waals surface area contributed by atoms with Gasteiger partial charge in [-0.2, -0.15) is 0 Å². The predicted octanol–water partition coefficient (Wildman–Crippen LogP) is 3.57. The standard InChI is InChI=1S/C14H14ClN3O3/c1-9-4-3-5-12(14(9)18(19)20)21-8-11-10(15)6-7-13(16-2)17-11/h3-7H,8H2,1-2H3,(H,16,17). The number of aromatic nitrogens is 1. The second kappa shape index (κ2) is 6.41. The Labute approximate surface area is 126 Å². The number of rotatable bonds is 5. The van der Waals surface area contributed by atoms with Crippen LogP contribution in [0.1, 0.15) is 11.3 Å². The Kier molecular flexibility index (Phi) is 4.59. The molecule has 7 heteroatoms. The van der Waals surface area contributed by atoms with Crippen LogP contribution in [0.4, 0.5) is 11.5 Å². The first-order chi connectivity index (χ1) is 10.0. The highest BCUT2D eigenvalue weighted by molar-refractivity contribution is 6.31. The first-order valence-corrected chi connectivity index (χ1v) is 6.60. The average molecular weight is 308 g/mol. The molecule has 0 spiro atoms. The van der Waals surface area contributed by atoms with Gasteiger partial charge in [-0.05, 0) is 25.1 Å². The van der Waals surface area contributed by atoms with E-state index in [0.717, 1.165) is 0 Å². The SMILES string of the molecule is CNc1ccc(Cl)c(COc2cccc(C)c2[N+](=O)[O-])n1. The molecule has 0 atom stereocenters. The lowest BCUT2D eigenvalue weighted by molar-refractivity contribution is -0.386. The third-order valence-corrected chi connectivity index (χ3v) is 3.27. The van der Waals surface area contributed by atoms with Gasteiger partial charge in [-0.25, -0.2) is 4.98 Å². The fraction of sp³-hybridized carbons (Fsp3) is 0.214. The number of halogens is 1. The van der Waals surface area contributed by atoms with Crippen LogP contribution in [0.25, 0.3) is 0 Å². The molecule has 0 fully saturated rings. The topological polar surface area (TPSA) is 77.3 Å². The molecule has 1 heterocycles. The first kappa shape index (κ1) is 15.1. The van der Waals surface area contributed by atoms with Crippen molar-refractivity contribution in [1.82, 2.24) is 4.98 Å². The minimum atomic E-state index is -0.455. The summed E-state index contributed by atoms with van der Waals surface area (Å²) >= 11 is 6.05. The van der Waals surface area contributed by atoms with E-state index in [1.807, 2.05) is 0 Å². The van der Waals surface area contributed by atoms with Gasteiger partial charge in [-0.1, -0.05) is 23.7 Å². The van der Waals surface area contributed by atoms with Crippen LogP contribution in [0, 0.1) is 17.0 Å². The fourth-order valence-electron chi connectivity index (χ4n) is 1.85. The number of nitrogens with zero attached hydrogens (tertiary/aromatic N) is 2. The molecule has 0 aliphatic carbocycles. The third-order valence-electron chi connectivity index (χ3n) is 2.92. The van der Waals surface area contributed by atoms with Gasteiger partial charge < -0.3 is 10.1 Å². The summed E-state index contributed by atoms with van der Waals surface area (Å²) in [7, 11) is 1.74. The number of hydrogen-bond donors (Lipinski definition) is 1. The molecule has 0 unspecified atom stereocenters. The van der Waals surface area contributed by atoms with Gasteiger partial charge in [0.2, 0.25) is 0 Å². The smallest absolute Gasteiger partial charge is 0.313 e. The van der Waals surface area contributed by atoms with Crippen molar-refractivity contribution in [2.24, 2.45) is 0 Å². The van der Waals surface area contributed by atoms with Gasteiger partial charge in [-0.15, -0.1) is 0 Å². The van der Waals surface area contributed by atoms with Gasteiger partial charge in [0, 0.05) is 12.6 Å². The molecular formula is C14H14ClN3O3. The summed E-state index contributed by atoms with van der Waals surface area (Å²) < 4.78 is 5.53. The van der Waals surface area contributed by atoms with Gasteiger partial charge in [0.1, 0.15) is 12.4 Å². The Bertz CT molecular complexity index is 677. The number of para-hydroxylation sites is 1. The summed E-state index contributed by atoms with van der Waals surface area (Å²) in [5.74, 6) is 0.851. The molecule has 21 heavy (non-hydrogen) atoms. The molecule has 0 saturated carbocycles. The van der Waals surface area contributed by atoms with Crippen molar-refractivity contribution in [2.75, 3.05) is 12.4 Å². The highest BCUT2D eigenvalue weighted by Gasteiger charge is 2.18. The van der Waals surface area contributed by atoms with Gasteiger partial charge in [0.15, 0.2) is 5.75 Å². The van der Waals surface area contributed by atoms with Gasteiger partial charge >= 0.3 is 5.69 Å². The summed E-state index contributed by atoms with van der Waals surface area (Å²) in [6.07, 6.45) is 0. The zero-order valence-corrected chi connectivity index (χ0v) is 12.3. The number of anilines is 1. The molecule has 1 N–H and O–H groups in total. The van der Waals surface area contributed by atoms with Crippen molar-refractivity contribution in [3.05, 3.63) is 56.7 Å². The number of nitro groups is 1. The van der Waals surface area contributed by atoms with E-state index in [1.54, 1.807) is 44.3 Å². The summed E-state index contributed by atoms with van der Waals surface area (Å²) in [5.41, 5.74) is 1.01. The zero-order chi connectivity index (χ0) is 15.4. The summed E-state index contributed by atoms with van der Waals surface area (Å²) in [5, 5.41) is 14.4. The molecule has 0 radical (unpaired) electrons. The monoisotopic (exact) mass is 307 g/mol. The molecule has 0 amide bonds. The van der Waals surface area contributed by atoms with Crippen molar-refractivity contribution in [1.29, 1.82) is 0 Å². The molecule has 0 saturated heterocycles. The number of nitrogens with one attached hydrogen (secondary N) is 1. The lowest BCUT2D eigenvalue weighted by Gasteiger charge is -2.10. The number of pyridine rings is 1. The summed E-state index contributed by atoms with van der Waals surface area (Å²) in [6, 6.07) is 8.36. The Hall–Kier alpha value is -2.34. The Morgan fingerprint density at radius 1 is 1.38 bits per heavy atom. The van der Waals surface area contributed by atoms with E-state index in [0.29, 0.717) is 22.1 Å². The highest BCUT2D eigenvalue weighted by atomic mass is 35.5. The van der Waals surface area contributed by atoms with Crippen molar-refractivity contribution in [3.8, 4) is 5.75 Å². The Morgan fingerprint density at radius 2 is 2.14 bits per heavy atom. The molecule has 6 nitrogen and oxygen atoms in total. The minimum absolute atomic E-state index is 0.0432. The van der Waals surface area contributed by atoms with E-state index in [-0.39, 0.29) is 18.0 Å². The van der Waals surface area contributed by atoms with Crippen molar-refractivity contribution < 1.29 is 9.66 Å². The van der Waals surface area contributed by atoms with E-state index in [2.05, 4.69) is 10.3 Å². The number of ether oxygens (including phenoxy) is 1. The molecule has 0 bridgehead atoms. The van der Waals surface area contributed by atoms with Crippen LogP contribution in [0.3, 0.4) is 0 Å². The van der Waals surface area contributed by atoms with Crippen LogP contribution in [-0.4, -0.2) is 17.0 Å². The highest BCUT2D eigenvalue weighted by Crippen LogP contribution is 2.31. The van der Waals surface area contributed by atoms with E-state index in [1.165, 1.54) is 0 Å². The maximum absolute atomic E-state index is 11.1. The third kappa shape index (κ3) is 3.41. The van der Waals surface area contributed by atoms with Crippen LogP contribution in [-0.2, 0) is 6.61 Å². The minimum Gasteiger partial charge on any atom is -0.480 e. The van der Waals surface area contributed by atoms with Crippen LogP contribution >= 0.6 is 11.6 Å². The van der Waals surface area contributed by atoms with Crippen molar-refractivity contribution >= 4 is 23.1 Å². The molecule has 2 rings (SSSR count). The molecule has 1 aromatic carbocycles. The van der Waals surface area contributed by atoms with Gasteiger partial charge in [0.25, 0.3) is 0 Å². The van der Waals surface area contributed by atoms with Crippen molar-refractivity contribution in [2.45, 2.75) is 13.5 Å². The quantitative estimate of drug-likeness (QED) is 0.675. The Balaban J connectivity index is 2.25. The number of hydrogen-bond acceptors (Lipinski definition) is 5. The van der Waals surface area contributed by atoms with E-state index < -0.39 is 4.92 Å². The molecule has 1 aromatic heterocycles. The number of benzene rings is 1. The molecular weight excluding hydrogens is 294 g/mol. The maximum atomic E-state index is 11.1. The normalized spacial score (nSPS) is 10.2. The summed E-state index contributed by atoms with van der Waals surface area (Å²) in [6.45, 7) is 1.72. The maximum Gasteiger partial charge on any atom is 0.313 e. The second-order valence-electron chi connectivity index (χ2n) is 4.34. The van der Waals surface area contributed by atoms with E-state index >= 15 is 0 Å². The molecule has 2 aromatic rings. The number of nitro benzene ring substituents is 1. The van der Waals surface area contributed by atoms with Crippen molar-refractivity contribution in [3.63, 3.8) is 0 Å². The average Bonchev–Trinajstić information content (AvgIpc) is 2.46. The zero-order valence-electron chi connectivity index (χ0n) is 11.6. The van der Waals surface area contributed by atoms with E-state index in [4.69, 9.17) is 16.3 Å². The summed E-state index contributed by atoms with van der Waals surface area (Å²) in [4.78, 5) is 14.9. The first-order valence-electron chi connectivity index (χ1n) is 6.23. The second-order valence-corrected chi connectivity index (χ2v) is 4.75. The largest absolute Gasteiger partial charge is 0.480 e. The lowest BCUT2D eigenvalue weighted by atomic mass is 10.2. The Morgan fingerprint density at radius 3 is 2.81 bits per heavy atom. The van der Waals surface area contributed by atoms with Gasteiger partial charge in [-0.3, -0.25) is 10.1 Å². The van der Waals surface area contributed by atoms with E-state index in [9.17, 15) is 10.1 Å². The van der Waals surface area contributed by atoms with Crippen LogP contribution < -0.4 is 10.1 Å². The predicted molar refractivity (Wildman–Crippen MR) is 81.0 cm³/mol. The molecule has 110 valence electrons. The van der Waals surface area contributed by atoms with Gasteiger partial charge in [0.05, 0.1) is 15.6 Å². The molecule has 0 aliphatic rings. The fourth-order valence-corrected chi connectivity index (χ4v) is 2.01. The number of aryl methyl sites for hydroxylation is 1. The lowest BCUT2D eigenvalue weighted by Crippen LogP contribution is -2.04. The van der Waals surface area contributed by atoms with Crippen LogP contribution in [0.15, 0.2) is 30.3 Å². The molecule has 0 aliphatic heterocycles.